The number of rotatable bonds is 3. The van der Waals surface area contributed by atoms with E-state index >= 15 is 0 Å². The van der Waals surface area contributed by atoms with Crippen LogP contribution in [0.15, 0.2) is 30.9 Å². The van der Waals surface area contributed by atoms with E-state index in [9.17, 15) is 4.79 Å². The smallest absolute Gasteiger partial charge is 0.150 e. The topological polar surface area (TPSA) is 29.5 Å². The second kappa shape index (κ2) is 4.39. The highest BCUT2D eigenvalue weighted by atomic mass is 16.5. The van der Waals surface area contributed by atoms with Crippen molar-refractivity contribution in [1.29, 1.82) is 0 Å². The molecular formula is C13H15NO2. The largest absolute Gasteiger partial charge is 0.489 e. The average molecular weight is 217 g/mol. The molecule has 16 heavy (non-hydrogen) atoms. The summed E-state index contributed by atoms with van der Waals surface area (Å²) in [7, 11) is 0. The number of carbonyl (C=O) groups is 1. The minimum atomic E-state index is 0.326. The molecule has 3 heteroatoms. The van der Waals surface area contributed by atoms with E-state index in [1.165, 1.54) is 0 Å². The summed E-state index contributed by atoms with van der Waals surface area (Å²) in [5.41, 5.74) is 1.68. The Labute approximate surface area is 95.3 Å². The van der Waals surface area contributed by atoms with Gasteiger partial charge in [0.05, 0.1) is 11.7 Å². The van der Waals surface area contributed by atoms with Crippen LogP contribution in [0.1, 0.15) is 17.3 Å². The molecule has 1 heterocycles. The van der Waals surface area contributed by atoms with Crippen LogP contribution in [0.3, 0.4) is 0 Å². The lowest BCUT2D eigenvalue weighted by atomic mass is 10.1. The minimum Gasteiger partial charge on any atom is -0.489 e. The molecule has 1 unspecified atom stereocenters. The van der Waals surface area contributed by atoms with Crippen LogP contribution in [0, 0.1) is 0 Å². The van der Waals surface area contributed by atoms with Crippen LogP contribution in [0.2, 0.25) is 0 Å². The lowest BCUT2D eigenvalue weighted by Gasteiger charge is -2.36. The van der Waals surface area contributed by atoms with Crippen LogP contribution < -0.4 is 9.64 Å². The number of benzene rings is 1. The fourth-order valence-corrected chi connectivity index (χ4v) is 1.91. The highest BCUT2D eigenvalue weighted by Gasteiger charge is 2.23. The first-order chi connectivity index (χ1) is 7.76. The first-order valence-electron chi connectivity index (χ1n) is 5.36. The Morgan fingerprint density at radius 3 is 3.12 bits per heavy atom. The third kappa shape index (κ3) is 1.81. The number of fused-ring (bicyclic) bond motifs is 1. The molecule has 1 aromatic rings. The maximum Gasteiger partial charge on any atom is 0.150 e. The zero-order valence-electron chi connectivity index (χ0n) is 9.35. The standard InChI is InChI=1S/C13H15NO2/c1-3-6-14-10(2)9-16-13-7-11(8-15)4-5-12(13)14/h3-5,7-8,10H,1,6,9H2,2H3. The number of ether oxygens (including phenoxy) is 1. The monoisotopic (exact) mass is 217 g/mol. The maximum absolute atomic E-state index is 10.7. The lowest BCUT2D eigenvalue weighted by Crippen LogP contribution is -2.41. The minimum absolute atomic E-state index is 0.326. The number of aldehydes is 1. The Bertz CT molecular complexity index is 414. The highest BCUT2D eigenvalue weighted by Crippen LogP contribution is 2.34. The summed E-state index contributed by atoms with van der Waals surface area (Å²) in [6.07, 6.45) is 2.71. The van der Waals surface area contributed by atoms with Crippen molar-refractivity contribution in [2.45, 2.75) is 13.0 Å². The van der Waals surface area contributed by atoms with Crippen molar-refractivity contribution < 1.29 is 9.53 Å². The molecule has 1 aliphatic rings. The van der Waals surface area contributed by atoms with E-state index in [0.717, 1.165) is 24.3 Å². The van der Waals surface area contributed by atoms with Gasteiger partial charge in [-0.25, -0.2) is 0 Å². The highest BCUT2D eigenvalue weighted by molar-refractivity contribution is 5.78. The number of hydrogen-bond donors (Lipinski definition) is 0. The van der Waals surface area contributed by atoms with E-state index in [0.29, 0.717) is 18.2 Å². The third-order valence-corrected chi connectivity index (χ3v) is 2.77. The normalized spacial score (nSPS) is 18.6. The Kier molecular flexibility index (Phi) is 2.95. The molecule has 0 spiro atoms. The Balaban J connectivity index is 2.39. The molecule has 84 valence electrons. The quantitative estimate of drug-likeness (QED) is 0.574. The number of hydrogen-bond acceptors (Lipinski definition) is 3. The molecule has 0 aromatic heterocycles. The molecule has 0 radical (unpaired) electrons. The molecule has 0 bridgehead atoms. The van der Waals surface area contributed by atoms with Crippen LogP contribution in [0.4, 0.5) is 5.69 Å². The number of anilines is 1. The van der Waals surface area contributed by atoms with E-state index in [2.05, 4.69) is 18.4 Å². The van der Waals surface area contributed by atoms with Crippen LogP contribution in [-0.4, -0.2) is 25.5 Å². The van der Waals surface area contributed by atoms with Crippen molar-refractivity contribution in [2.24, 2.45) is 0 Å². The van der Waals surface area contributed by atoms with Gasteiger partial charge in [0.2, 0.25) is 0 Å². The van der Waals surface area contributed by atoms with Gasteiger partial charge in [-0.3, -0.25) is 4.79 Å². The summed E-state index contributed by atoms with van der Waals surface area (Å²) >= 11 is 0. The maximum atomic E-state index is 10.7. The molecule has 0 amide bonds. The van der Waals surface area contributed by atoms with Gasteiger partial charge in [0.1, 0.15) is 18.6 Å². The van der Waals surface area contributed by atoms with Crippen molar-refractivity contribution >= 4 is 12.0 Å². The predicted molar refractivity (Wildman–Crippen MR) is 64.3 cm³/mol. The Morgan fingerprint density at radius 2 is 2.44 bits per heavy atom. The molecule has 3 nitrogen and oxygen atoms in total. The number of carbonyl (C=O) groups excluding carboxylic acids is 1. The van der Waals surface area contributed by atoms with E-state index < -0.39 is 0 Å². The second-order valence-corrected chi connectivity index (χ2v) is 3.95. The van der Waals surface area contributed by atoms with Gasteiger partial charge in [-0.15, -0.1) is 6.58 Å². The second-order valence-electron chi connectivity index (χ2n) is 3.95. The van der Waals surface area contributed by atoms with Gasteiger partial charge < -0.3 is 9.64 Å². The van der Waals surface area contributed by atoms with Gasteiger partial charge in [-0.1, -0.05) is 6.08 Å². The zero-order valence-corrected chi connectivity index (χ0v) is 9.35. The zero-order chi connectivity index (χ0) is 11.5. The van der Waals surface area contributed by atoms with Crippen molar-refractivity contribution in [3.63, 3.8) is 0 Å². The summed E-state index contributed by atoms with van der Waals surface area (Å²) in [5.74, 6) is 0.782. The van der Waals surface area contributed by atoms with Gasteiger partial charge in [0.15, 0.2) is 0 Å². The molecule has 1 aliphatic heterocycles. The molecular weight excluding hydrogens is 202 g/mol. The third-order valence-electron chi connectivity index (χ3n) is 2.77. The summed E-state index contributed by atoms with van der Waals surface area (Å²) in [5, 5.41) is 0. The van der Waals surface area contributed by atoms with E-state index in [-0.39, 0.29) is 0 Å². The van der Waals surface area contributed by atoms with Crippen molar-refractivity contribution in [1.82, 2.24) is 0 Å². The molecule has 0 saturated carbocycles. The molecule has 0 saturated heterocycles. The van der Waals surface area contributed by atoms with E-state index in [4.69, 9.17) is 4.74 Å². The van der Waals surface area contributed by atoms with Crippen LogP contribution in [0.5, 0.6) is 5.75 Å². The molecule has 1 atom stereocenters. The van der Waals surface area contributed by atoms with E-state index in [1.807, 2.05) is 18.2 Å². The van der Waals surface area contributed by atoms with Crippen LogP contribution in [-0.2, 0) is 0 Å². The summed E-state index contributed by atoms with van der Waals surface area (Å²) in [4.78, 5) is 12.9. The average Bonchev–Trinajstić information content (AvgIpc) is 2.32. The summed E-state index contributed by atoms with van der Waals surface area (Å²) in [6.45, 7) is 7.30. The van der Waals surface area contributed by atoms with Crippen LogP contribution in [0.25, 0.3) is 0 Å². The molecule has 0 fully saturated rings. The van der Waals surface area contributed by atoms with Gasteiger partial charge in [0.25, 0.3) is 0 Å². The fourth-order valence-electron chi connectivity index (χ4n) is 1.91. The molecule has 0 N–H and O–H groups in total. The summed E-state index contributed by atoms with van der Waals surface area (Å²) in [6, 6.07) is 5.85. The lowest BCUT2D eigenvalue weighted by molar-refractivity contribution is 0.112. The van der Waals surface area contributed by atoms with Crippen molar-refractivity contribution in [2.75, 3.05) is 18.1 Å². The predicted octanol–water partition coefficient (Wildman–Crippen LogP) is 2.27. The van der Waals surface area contributed by atoms with Gasteiger partial charge in [-0.2, -0.15) is 0 Å². The van der Waals surface area contributed by atoms with Gasteiger partial charge >= 0.3 is 0 Å². The summed E-state index contributed by atoms with van der Waals surface area (Å²) < 4.78 is 5.62. The molecule has 1 aromatic carbocycles. The van der Waals surface area contributed by atoms with Crippen LogP contribution >= 0.6 is 0 Å². The first kappa shape index (κ1) is 10.7. The van der Waals surface area contributed by atoms with Crippen molar-refractivity contribution in [3.05, 3.63) is 36.4 Å². The van der Waals surface area contributed by atoms with E-state index in [1.54, 1.807) is 6.07 Å². The Morgan fingerprint density at radius 1 is 1.62 bits per heavy atom. The number of nitrogens with zero attached hydrogens (tertiary/aromatic N) is 1. The van der Waals surface area contributed by atoms with Gasteiger partial charge in [0, 0.05) is 12.1 Å². The van der Waals surface area contributed by atoms with Gasteiger partial charge in [-0.05, 0) is 25.1 Å². The SMILES string of the molecule is C=CCN1c2ccc(C=O)cc2OCC1C. The van der Waals surface area contributed by atoms with Crippen molar-refractivity contribution in [3.8, 4) is 5.75 Å². The Hall–Kier alpha value is -1.77. The molecule has 2 rings (SSSR count). The first-order valence-corrected chi connectivity index (χ1v) is 5.36. The fraction of sp³-hybridized carbons (Fsp3) is 0.308. The molecule has 0 aliphatic carbocycles.